The number of carbonyl (C=O) groups excluding carboxylic acids is 3. The Morgan fingerprint density at radius 2 is 1.74 bits per heavy atom. The van der Waals surface area contributed by atoms with Crippen LogP contribution in [0.1, 0.15) is 27.9 Å². The minimum atomic E-state index is -0.489. The Morgan fingerprint density at radius 3 is 2.49 bits per heavy atom. The van der Waals surface area contributed by atoms with Crippen molar-refractivity contribution in [3.8, 4) is 0 Å². The van der Waals surface area contributed by atoms with Crippen LogP contribution < -0.4 is 5.32 Å². The molecule has 198 valence electrons. The van der Waals surface area contributed by atoms with Crippen LogP contribution in [0, 0.1) is 20.8 Å². The molecule has 9 heteroatoms. The first-order valence-corrected chi connectivity index (χ1v) is 13.8. The van der Waals surface area contributed by atoms with Gasteiger partial charge in [-0.25, -0.2) is 0 Å². The number of benzene rings is 3. The van der Waals surface area contributed by atoms with Gasteiger partial charge in [0, 0.05) is 44.4 Å². The molecule has 1 saturated heterocycles. The Bertz CT molecular complexity index is 1690. The van der Waals surface area contributed by atoms with Gasteiger partial charge in [-0.15, -0.1) is 0 Å². The molecule has 39 heavy (non-hydrogen) atoms. The number of rotatable bonds is 6. The van der Waals surface area contributed by atoms with Gasteiger partial charge < -0.3 is 9.88 Å². The van der Waals surface area contributed by atoms with Gasteiger partial charge in [0.2, 0.25) is 5.91 Å². The number of nitrogens with zero attached hydrogens (tertiary/aromatic N) is 2. The van der Waals surface area contributed by atoms with Crippen molar-refractivity contribution >= 4 is 74.7 Å². The number of hydrogen-bond donors (Lipinski definition) is 1. The highest BCUT2D eigenvalue weighted by atomic mass is 35.5. The lowest BCUT2D eigenvalue weighted by molar-refractivity contribution is -0.127. The smallest absolute Gasteiger partial charge is 0.294 e. The SMILES string of the molecule is Cc1ccc(NC(=O)CN2C(=O)S/C(=C\c3c(C)n(Cc4ccc(Cl)cc4Cl)c4ccccc34)C2=O)cc1C. The predicted octanol–water partition coefficient (Wildman–Crippen LogP) is 7.60. The van der Waals surface area contributed by atoms with E-state index in [1.54, 1.807) is 24.3 Å². The van der Waals surface area contributed by atoms with Crippen LogP contribution in [0.25, 0.3) is 17.0 Å². The largest absolute Gasteiger partial charge is 0.340 e. The van der Waals surface area contributed by atoms with Crippen molar-refractivity contribution in [1.82, 2.24) is 9.47 Å². The zero-order valence-electron chi connectivity index (χ0n) is 21.5. The van der Waals surface area contributed by atoms with Crippen LogP contribution in [0.15, 0.2) is 65.6 Å². The van der Waals surface area contributed by atoms with Crippen LogP contribution in [0.3, 0.4) is 0 Å². The quantitative estimate of drug-likeness (QED) is 0.239. The first kappa shape index (κ1) is 27.1. The van der Waals surface area contributed by atoms with Crippen LogP contribution in [0.4, 0.5) is 10.5 Å². The van der Waals surface area contributed by atoms with Crippen molar-refractivity contribution in [3.05, 3.63) is 104 Å². The van der Waals surface area contributed by atoms with E-state index in [1.165, 1.54) is 0 Å². The average Bonchev–Trinajstić information content (AvgIpc) is 3.31. The second-order valence-electron chi connectivity index (χ2n) is 9.45. The maximum absolute atomic E-state index is 13.2. The fourth-order valence-electron chi connectivity index (χ4n) is 4.59. The van der Waals surface area contributed by atoms with Crippen molar-refractivity contribution in [2.75, 3.05) is 11.9 Å². The van der Waals surface area contributed by atoms with E-state index < -0.39 is 17.1 Å². The lowest BCUT2D eigenvalue weighted by atomic mass is 10.1. The summed E-state index contributed by atoms with van der Waals surface area (Å²) in [6.07, 6.45) is 1.74. The molecule has 1 aromatic heterocycles. The summed E-state index contributed by atoms with van der Waals surface area (Å²) in [5, 5.41) is 4.38. The molecule has 0 unspecified atom stereocenters. The van der Waals surface area contributed by atoms with Gasteiger partial charge in [0.15, 0.2) is 0 Å². The summed E-state index contributed by atoms with van der Waals surface area (Å²) in [5.74, 6) is -0.924. The summed E-state index contributed by atoms with van der Waals surface area (Å²) in [6, 6.07) is 18.8. The van der Waals surface area contributed by atoms with E-state index in [2.05, 4.69) is 9.88 Å². The van der Waals surface area contributed by atoms with Crippen molar-refractivity contribution < 1.29 is 14.4 Å². The molecule has 3 amide bonds. The number of anilines is 1. The zero-order chi connectivity index (χ0) is 27.8. The summed E-state index contributed by atoms with van der Waals surface area (Å²) in [6.45, 7) is 6.06. The molecule has 1 aliphatic heterocycles. The Balaban J connectivity index is 1.41. The number of fused-ring (bicyclic) bond motifs is 1. The molecule has 4 aromatic rings. The lowest BCUT2D eigenvalue weighted by Gasteiger charge is -2.13. The van der Waals surface area contributed by atoms with Crippen LogP contribution in [0.2, 0.25) is 10.0 Å². The topological polar surface area (TPSA) is 71.4 Å². The summed E-state index contributed by atoms with van der Waals surface area (Å²) >= 11 is 13.4. The van der Waals surface area contributed by atoms with Gasteiger partial charge in [-0.2, -0.15) is 0 Å². The van der Waals surface area contributed by atoms with E-state index in [0.717, 1.165) is 55.5 Å². The molecule has 0 radical (unpaired) electrons. The number of imide groups is 1. The van der Waals surface area contributed by atoms with E-state index in [-0.39, 0.29) is 11.4 Å². The minimum Gasteiger partial charge on any atom is -0.340 e. The van der Waals surface area contributed by atoms with Gasteiger partial charge in [-0.05, 0) is 85.6 Å². The van der Waals surface area contributed by atoms with Crippen LogP contribution >= 0.6 is 35.0 Å². The summed E-state index contributed by atoms with van der Waals surface area (Å²) in [4.78, 5) is 39.9. The van der Waals surface area contributed by atoms with Crippen molar-refractivity contribution in [3.63, 3.8) is 0 Å². The normalized spacial score (nSPS) is 14.6. The molecule has 6 nitrogen and oxygen atoms in total. The molecular weight excluding hydrogens is 553 g/mol. The second-order valence-corrected chi connectivity index (χ2v) is 11.3. The number of thioether (sulfide) groups is 1. The lowest BCUT2D eigenvalue weighted by Crippen LogP contribution is -2.36. The van der Waals surface area contributed by atoms with Crippen molar-refractivity contribution in [2.24, 2.45) is 0 Å². The Labute approximate surface area is 240 Å². The van der Waals surface area contributed by atoms with E-state index in [0.29, 0.717) is 22.3 Å². The van der Waals surface area contributed by atoms with Gasteiger partial charge in [0.25, 0.3) is 11.1 Å². The Hall–Kier alpha value is -3.52. The molecule has 2 heterocycles. The molecule has 0 spiro atoms. The number of aromatic nitrogens is 1. The predicted molar refractivity (Wildman–Crippen MR) is 159 cm³/mol. The third kappa shape index (κ3) is 5.48. The van der Waals surface area contributed by atoms with Crippen molar-refractivity contribution in [1.29, 1.82) is 0 Å². The zero-order valence-corrected chi connectivity index (χ0v) is 23.9. The van der Waals surface area contributed by atoms with Crippen LogP contribution in [0.5, 0.6) is 0 Å². The van der Waals surface area contributed by atoms with Gasteiger partial charge in [-0.3, -0.25) is 19.3 Å². The maximum atomic E-state index is 13.2. The molecule has 0 atom stereocenters. The van der Waals surface area contributed by atoms with Crippen molar-refractivity contribution in [2.45, 2.75) is 27.3 Å². The molecule has 1 aliphatic rings. The van der Waals surface area contributed by atoms with E-state index in [4.69, 9.17) is 23.2 Å². The molecule has 0 saturated carbocycles. The highest BCUT2D eigenvalue weighted by molar-refractivity contribution is 8.18. The van der Waals surface area contributed by atoms with E-state index in [1.807, 2.05) is 63.2 Å². The van der Waals surface area contributed by atoms with Gasteiger partial charge >= 0.3 is 0 Å². The second kappa shape index (κ2) is 10.9. The first-order chi connectivity index (χ1) is 18.6. The summed E-state index contributed by atoms with van der Waals surface area (Å²) in [5.41, 5.74) is 6.40. The third-order valence-electron chi connectivity index (χ3n) is 6.86. The van der Waals surface area contributed by atoms with Gasteiger partial charge in [-0.1, -0.05) is 53.5 Å². The summed E-state index contributed by atoms with van der Waals surface area (Å²) < 4.78 is 2.12. The standard InChI is InChI=1S/C30H25Cl2N3O3S/c1-17-8-11-22(12-18(17)2)33-28(36)16-35-29(37)27(39-30(35)38)14-24-19(3)34(26-7-5-4-6-23(24)26)15-20-9-10-21(31)13-25(20)32/h4-14H,15-16H2,1-3H3,(H,33,36)/b27-14-. The molecule has 1 fully saturated rings. The van der Waals surface area contributed by atoms with Crippen LogP contribution in [-0.2, 0) is 16.1 Å². The average molecular weight is 579 g/mol. The van der Waals surface area contributed by atoms with Gasteiger partial charge in [0.1, 0.15) is 6.54 Å². The molecule has 5 rings (SSSR count). The Morgan fingerprint density at radius 1 is 0.974 bits per heavy atom. The number of hydrogen-bond acceptors (Lipinski definition) is 4. The molecule has 3 aromatic carbocycles. The first-order valence-electron chi connectivity index (χ1n) is 12.3. The minimum absolute atomic E-state index is 0.273. The van der Waals surface area contributed by atoms with Gasteiger partial charge in [0.05, 0.1) is 4.91 Å². The van der Waals surface area contributed by atoms with E-state index in [9.17, 15) is 14.4 Å². The highest BCUT2D eigenvalue weighted by Crippen LogP contribution is 2.36. The maximum Gasteiger partial charge on any atom is 0.294 e. The fourth-order valence-corrected chi connectivity index (χ4v) is 5.88. The summed E-state index contributed by atoms with van der Waals surface area (Å²) in [7, 11) is 0. The number of carbonyl (C=O) groups is 3. The van der Waals surface area contributed by atoms with Crippen LogP contribution in [-0.4, -0.2) is 33.1 Å². The number of nitrogens with one attached hydrogen (secondary N) is 1. The fraction of sp³-hybridized carbons (Fsp3) is 0.167. The molecule has 0 aliphatic carbocycles. The molecule has 1 N–H and O–H groups in total. The number of para-hydroxylation sites is 1. The highest BCUT2D eigenvalue weighted by Gasteiger charge is 2.36. The molecular formula is C30H25Cl2N3O3S. The third-order valence-corrected chi connectivity index (χ3v) is 8.36. The number of amides is 3. The number of aryl methyl sites for hydroxylation is 2. The Kier molecular flexibility index (Phi) is 7.58. The number of halogens is 2. The monoisotopic (exact) mass is 577 g/mol. The molecule has 0 bridgehead atoms. The van der Waals surface area contributed by atoms with E-state index >= 15 is 0 Å².